The van der Waals surface area contributed by atoms with Crippen LogP contribution in [0.4, 0.5) is 0 Å². The summed E-state index contributed by atoms with van der Waals surface area (Å²) in [6.45, 7) is 3.37. The first-order valence-corrected chi connectivity index (χ1v) is 9.20. The van der Waals surface area contributed by atoms with Gasteiger partial charge in [0, 0.05) is 21.4 Å². The van der Waals surface area contributed by atoms with Gasteiger partial charge in [-0.1, -0.05) is 0 Å². The predicted octanol–water partition coefficient (Wildman–Crippen LogP) is 2.27. The quantitative estimate of drug-likeness (QED) is 0.648. The third-order valence-electron chi connectivity index (χ3n) is 1.91. The molecule has 1 aromatic rings. The molecule has 0 aromatic heterocycles. The lowest BCUT2D eigenvalue weighted by Gasteiger charge is -2.08. The maximum atomic E-state index is 11.2. The summed E-state index contributed by atoms with van der Waals surface area (Å²) in [7, 11) is 3.02. The average molecular weight is 351 g/mol. The zero-order chi connectivity index (χ0) is 15.4. The topological polar surface area (TPSA) is 97.7 Å². The highest BCUT2D eigenvalue weighted by Gasteiger charge is 2.17. The molecule has 110 valence electrons. The van der Waals surface area contributed by atoms with Crippen molar-refractivity contribution in [3.63, 3.8) is 0 Å². The molecule has 6 nitrogen and oxygen atoms in total. The number of hydrogen-bond acceptors (Lipinski definition) is 5. The fourth-order valence-electron chi connectivity index (χ4n) is 1.41. The summed E-state index contributed by atoms with van der Waals surface area (Å²) in [5.41, 5.74) is 1.19. The van der Waals surface area contributed by atoms with Crippen molar-refractivity contribution in [2.24, 2.45) is 0 Å². The number of benzene rings is 1. The molecule has 1 rings (SSSR count). The third kappa shape index (κ3) is 7.58. The van der Waals surface area contributed by atoms with E-state index >= 15 is 0 Å². The van der Waals surface area contributed by atoms with Crippen LogP contribution >= 0.6 is 21.4 Å². The number of rotatable bonds is 2. The van der Waals surface area contributed by atoms with Gasteiger partial charge in [-0.3, -0.25) is 4.55 Å². The Morgan fingerprint density at radius 2 is 1.37 bits per heavy atom. The number of halogens is 2. The normalized spacial score (nSPS) is 11.5. The lowest BCUT2D eigenvalue weighted by molar-refractivity contribution is 0.413. The van der Waals surface area contributed by atoms with Crippen molar-refractivity contribution in [2.45, 2.75) is 18.7 Å². The van der Waals surface area contributed by atoms with E-state index in [0.29, 0.717) is 16.9 Å². The van der Waals surface area contributed by atoms with E-state index in [0.717, 1.165) is 0 Å². The van der Waals surface area contributed by atoms with Crippen molar-refractivity contribution >= 4 is 39.7 Å². The van der Waals surface area contributed by atoms with Gasteiger partial charge in [-0.05, 0) is 37.1 Å². The molecule has 0 saturated heterocycles. The molecule has 0 bridgehead atoms. The summed E-state index contributed by atoms with van der Waals surface area (Å²) in [6.07, 6.45) is 0. The Kier molecular flexibility index (Phi) is 6.56. The summed E-state index contributed by atoms with van der Waals surface area (Å²) in [4.78, 5) is 0.167. The molecular weight excluding hydrogens is 339 g/mol. The monoisotopic (exact) mass is 350 g/mol. The second kappa shape index (κ2) is 6.76. The van der Waals surface area contributed by atoms with Crippen molar-refractivity contribution in [1.29, 1.82) is 0 Å². The fourth-order valence-corrected chi connectivity index (χ4v) is 3.03. The van der Waals surface area contributed by atoms with E-state index < -0.39 is 18.4 Å². The van der Waals surface area contributed by atoms with Crippen LogP contribution in [-0.4, -0.2) is 28.5 Å². The molecule has 10 heteroatoms. The standard InChI is InChI=1S/C9H11ClO3S.ClHO3S/c1-6-4-8(13-3)5-7(2)9(6)14(10,11)12;1-5(2,3)4/h4-5H,1-3H3;(H,2,3,4). The molecule has 1 N–H and O–H groups in total. The largest absolute Gasteiger partial charge is 0.497 e. The lowest BCUT2D eigenvalue weighted by Crippen LogP contribution is -1.99. The van der Waals surface area contributed by atoms with E-state index in [9.17, 15) is 8.42 Å². The summed E-state index contributed by atoms with van der Waals surface area (Å²) in [6, 6.07) is 3.28. The van der Waals surface area contributed by atoms with Gasteiger partial charge in [-0.25, -0.2) is 8.42 Å². The minimum atomic E-state index is -4.19. The molecule has 0 amide bonds. The van der Waals surface area contributed by atoms with Crippen LogP contribution in [-0.2, 0) is 18.4 Å². The SMILES string of the molecule is COc1cc(C)c(S(=O)(=O)Cl)c(C)c1.O=S(=O)(O)Cl. The van der Waals surface area contributed by atoms with Crippen LogP contribution in [0.5, 0.6) is 5.75 Å². The molecule has 19 heavy (non-hydrogen) atoms. The van der Waals surface area contributed by atoms with Crippen LogP contribution in [0.2, 0.25) is 0 Å². The van der Waals surface area contributed by atoms with Gasteiger partial charge in [0.1, 0.15) is 5.75 Å². The molecule has 0 fully saturated rings. The smallest absolute Gasteiger partial charge is 0.353 e. The van der Waals surface area contributed by atoms with Gasteiger partial charge in [-0.2, -0.15) is 8.42 Å². The highest BCUT2D eigenvalue weighted by molar-refractivity contribution is 8.13. The molecule has 0 aliphatic rings. The van der Waals surface area contributed by atoms with E-state index in [-0.39, 0.29) is 4.90 Å². The first-order valence-electron chi connectivity index (χ1n) is 4.63. The van der Waals surface area contributed by atoms with Crippen molar-refractivity contribution in [3.05, 3.63) is 23.3 Å². The van der Waals surface area contributed by atoms with Gasteiger partial charge < -0.3 is 4.74 Å². The molecule has 0 saturated carbocycles. The van der Waals surface area contributed by atoms with Gasteiger partial charge in [-0.15, -0.1) is 0 Å². The average Bonchev–Trinajstić information content (AvgIpc) is 2.11. The number of hydrogen-bond donors (Lipinski definition) is 1. The molecule has 0 atom stereocenters. The van der Waals surface area contributed by atoms with Gasteiger partial charge in [0.2, 0.25) is 0 Å². The molecule has 1 aromatic carbocycles. The zero-order valence-electron chi connectivity index (χ0n) is 10.2. The van der Waals surface area contributed by atoms with E-state index in [2.05, 4.69) is 10.7 Å². The zero-order valence-corrected chi connectivity index (χ0v) is 13.4. The van der Waals surface area contributed by atoms with Gasteiger partial charge in [0.05, 0.1) is 12.0 Å². The van der Waals surface area contributed by atoms with E-state index in [1.165, 1.54) is 7.11 Å². The van der Waals surface area contributed by atoms with E-state index in [4.69, 9.17) is 28.4 Å². The minimum Gasteiger partial charge on any atom is -0.497 e. The predicted molar refractivity (Wildman–Crippen MR) is 72.9 cm³/mol. The van der Waals surface area contributed by atoms with Crippen molar-refractivity contribution < 1.29 is 26.1 Å². The van der Waals surface area contributed by atoms with Crippen LogP contribution in [0.3, 0.4) is 0 Å². The Morgan fingerprint density at radius 1 is 1.05 bits per heavy atom. The molecule has 0 aliphatic carbocycles. The van der Waals surface area contributed by atoms with Crippen molar-refractivity contribution in [1.82, 2.24) is 0 Å². The van der Waals surface area contributed by atoms with Gasteiger partial charge in [0.25, 0.3) is 9.05 Å². The van der Waals surface area contributed by atoms with Gasteiger partial charge in [0.15, 0.2) is 0 Å². The maximum absolute atomic E-state index is 11.2. The molecular formula is C9H12Cl2O6S2. The number of aryl methyl sites for hydroxylation is 2. The minimum absolute atomic E-state index is 0.167. The number of methoxy groups -OCH3 is 1. The summed E-state index contributed by atoms with van der Waals surface area (Å²) < 4.78 is 52.6. The van der Waals surface area contributed by atoms with E-state index in [1.54, 1.807) is 26.0 Å². The van der Waals surface area contributed by atoms with Crippen LogP contribution < -0.4 is 4.74 Å². The Labute approximate surface area is 121 Å². The highest BCUT2D eigenvalue weighted by Crippen LogP contribution is 2.27. The third-order valence-corrected chi connectivity index (χ3v) is 3.51. The van der Waals surface area contributed by atoms with Crippen LogP contribution in [0, 0.1) is 13.8 Å². The molecule has 0 radical (unpaired) electrons. The Morgan fingerprint density at radius 3 is 1.58 bits per heavy atom. The van der Waals surface area contributed by atoms with Crippen LogP contribution in [0.15, 0.2) is 17.0 Å². The molecule has 0 heterocycles. The first kappa shape index (κ1) is 18.5. The Bertz CT molecular complexity index is 620. The summed E-state index contributed by atoms with van der Waals surface area (Å²) in [5, 5.41) is 0. The lowest BCUT2D eigenvalue weighted by atomic mass is 10.1. The maximum Gasteiger partial charge on any atom is 0.353 e. The molecule has 0 spiro atoms. The number of ether oxygens (including phenoxy) is 1. The van der Waals surface area contributed by atoms with Crippen LogP contribution in [0.1, 0.15) is 11.1 Å². The second-order valence-corrected chi connectivity index (χ2v) is 7.94. The Balaban J connectivity index is 0.000000555. The summed E-state index contributed by atoms with van der Waals surface area (Å²) >= 11 is 0. The first-order chi connectivity index (χ1) is 8.36. The molecule has 0 unspecified atom stereocenters. The Hall–Kier alpha value is -0.540. The van der Waals surface area contributed by atoms with Crippen LogP contribution in [0.25, 0.3) is 0 Å². The second-order valence-electron chi connectivity index (χ2n) is 3.44. The van der Waals surface area contributed by atoms with Crippen molar-refractivity contribution in [2.75, 3.05) is 7.11 Å². The van der Waals surface area contributed by atoms with E-state index in [1.807, 2.05) is 0 Å². The molecule has 0 aliphatic heterocycles. The fraction of sp³-hybridized carbons (Fsp3) is 0.333. The summed E-state index contributed by atoms with van der Waals surface area (Å²) in [5.74, 6) is 0.629. The van der Waals surface area contributed by atoms with Gasteiger partial charge >= 0.3 is 9.33 Å². The van der Waals surface area contributed by atoms with Crippen molar-refractivity contribution in [3.8, 4) is 5.75 Å². The highest BCUT2D eigenvalue weighted by atomic mass is 35.7.